The second-order valence-electron chi connectivity index (χ2n) is 15.8. The highest BCUT2D eigenvalue weighted by molar-refractivity contribution is 8.00. The van der Waals surface area contributed by atoms with E-state index in [1.807, 2.05) is 73.3 Å². The molecule has 0 radical (unpaired) electrons. The Labute approximate surface area is 377 Å². The summed E-state index contributed by atoms with van der Waals surface area (Å²) in [5.41, 5.74) is 8.92. The van der Waals surface area contributed by atoms with Gasteiger partial charge in [-0.15, -0.1) is 11.8 Å². The van der Waals surface area contributed by atoms with Gasteiger partial charge in [-0.1, -0.05) is 176 Å². The van der Waals surface area contributed by atoms with Gasteiger partial charge < -0.3 is 28.4 Å². The molecule has 7 heteroatoms. The van der Waals surface area contributed by atoms with Crippen molar-refractivity contribution in [2.24, 2.45) is 0 Å². The lowest BCUT2D eigenvalue weighted by molar-refractivity contribution is -0.160. The van der Waals surface area contributed by atoms with E-state index < -0.39 is 6.10 Å². The van der Waals surface area contributed by atoms with Crippen molar-refractivity contribution in [3.8, 4) is 11.5 Å². The van der Waals surface area contributed by atoms with Gasteiger partial charge in [0.2, 0.25) is 0 Å². The van der Waals surface area contributed by atoms with Gasteiger partial charge in [-0.2, -0.15) is 0 Å². The SMILES string of the molecule is CCOc1ccc(Cc2cc([C@@H]3S[C@H](COCc4ccccc4)[C@@H](OCc4ccccc4)[C@H](OCc4ccccc4)[C@H]3OCc3ccccc3)ccc2OCc2ccccc2)cc1. The monoisotopic (exact) mass is 856 g/mol. The van der Waals surface area contributed by atoms with Gasteiger partial charge in [0.25, 0.3) is 0 Å². The predicted octanol–water partition coefficient (Wildman–Crippen LogP) is 12.4. The quantitative estimate of drug-likeness (QED) is 0.0713. The lowest BCUT2D eigenvalue weighted by Crippen LogP contribution is -2.54. The summed E-state index contributed by atoms with van der Waals surface area (Å²) in [7, 11) is 0. The zero-order chi connectivity index (χ0) is 42.9. The molecule has 6 nitrogen and oxygen atoms in total. The zero-order valence-electron chi connectivity index (χ0n) is 35.9. The zero-order valence-corrected chi connectivity index (χ0v) is 36.7. The molecular weight excluding hydrogens is 801 g/mol. The number of benzene rings is 7. The lowest BCUT2D eigenvalue weighted by atomic mass is 9.93. The van der Waals surface area contributed by atoms with E-state index >= 15 is 0 Å². The third kappa shape index (κ3) is 12.7. The largest absolute Gasteiger partial charge is 0.494 e. The molecule has 0 aromatic heterocycles. The fourth-order valence-electron chi connectivity index (χ4n) is 7.94. The molecule has 0 spiro atoms. The molecule has 1 aliphatic rings. The van der Waals surface area contributed by atoms with E-state index in [9.17, 15) is 0 Å². The Morgan fingerprint density at radius 2 is 0.905 bits per heavy atom. The maximum Gasteiger partial charge on any atom is 0.123 e. The van der Waals surface area contributed by atoms with E-state index in [4.69, 9.17) is 28.4 Å². The highest BCUT2D eigenvalue weighted by Crippen LogP contribution is 2.48. The van der Waals surface area contributed by atoms with Crippen molar-refractivity contribution in [3.63, 3.8) is 0 Å². The molecule has 7 aromatic rings. The normalized spacial score (nSPS) is 18.5. The molecule has 63 heavy (non-hydrogen) atoms. The molecule has 0 saturated carbocycles. The Morgan fingerprint density at radius 3 is 1.43 bits per heavy atom. The summed E-state index contributed by atoms with van der Waals surface area (Å²) in [6.07, 6.45) is -0.516. The van der Waals surface area contributed by atoms with Crippen LogP contribution < -0.4 is 9.47 Å². The van der Waals surface area contributed by atoms with Gasteiger partial charge in [-0.25, -0.2) is 0 Å². The van der Waals surface area contributed by atoms with E-state index in [1.165, 1.54) is 5.56 Å². The molecule has 0 amide bonds. The Bertz CT molecular complexity index is 2370. The van der Waals surface area contributed by atoms with Crippen LogP contribution in [0.5, 0.6) is 11.5 Å². The summed E-state index contributed by atoms with van der Waals surface area (Å²) in [6, 6.07) is 66.8. The maximum atomic E-state index is 7.16. The predicted molar refractivity (Wildman–Crippen MR) is 253 cm³/mol. The molecule has 0 bridgehead atoms. The fourth-order valence-corrected chi connectivity index (χ4v) is 9.57. The van der Waals surface area contributed by atoms with Crippen LogP contribution in [0.1, 0.15) is 56.7 Å². The topological polar surface area (TPSA) is 55.4 Å². The van der Waals surface area contributed by atoms with Crippen molar-refractivity contribution < 1.29 is 28.4 Å². The Morgan fingerprint density at radius 1 is 0.429 bits per heavy atom. The van der Waals surface area contributed by atoms with Crippen molar-refractivity contribution in [2.45, 2.75) is 75.2 Å². The van der Waals surface area contributed by atoms with Crippen LogP contribution in [0.25, 0.3) is 0 Å². The van der Waals surface area contributed by atoms with Crippen LogP contribution >= 0.6 is 11.8 Å². The molecule has 7 aromatic carbocycles. The molecule has 1 saturated heterocycles. The Balaban J connectivity index is 1.18. The van der Waals surface area contributed by atoms with Gasteiger partial charge in [0.1, 0.15) is 36.4 Å². The van der Waals surface area contributed by atoms with Gasteiger partial charge in [-0.05, 0) is 69.6 Å². The Kier molecular flexibility index (Phi) is 16.1. The summed E-state index contributed by atoms with van der Waals surface area (Å²) >= 11 is 1.86. The van der Waals surface area contributed by atoms with Gasteiger partial charge in [-0.3, -0.25) is 0 Å². The smallest absolute Gasteiger partial charge is 0.123 e. The van der Waals surface area contributed by atoms with E-state index in [1.54, 1.807) is 0 Å². The van der Waals surface area contributed by atoms with Crippen LogP contribution in [0, 0.1) is 0 Å². The summed E-state index contributed by atoms with van der Waals surface area (Å²) in [5.74, 6) is 1.71. The summed E-state index contributed by atoms with van der Waals surface area (Å²) < 4.78 is 40.3. The van der Waals surface area contributed by atoms with Crippen molar-refractivity contribution in [3.05, 3.63) is 239 Å². The highest BCUT2D eigenvalue weighted by Gasteiger charge is 2.48. The van der Waals surface area contributed by atoms with Crippen molar-refractivity contribution in [1.29, 1.82) is 0 Å². The van der Waals surface area contributed by atoms with E-state index in [0.29, 0.717) is 52.7 Å². The average Bonchev–Trinajstić information content (AvgIpc) is 3.34. The molecule has 0 aliphatic carbocycles. The molecule has 8 rings (SSSR count). The van der Waals surface area contributed by atoms with Crippen molar-refractivity contribution >= 4 is 11.8 Å². The summed E-state index contributed by atoms with van der Waals surface area (Å²) in [6.45, 7) is 5.32. The second kappa shape index (κ2) is 23.1. The Hall–Kier alpha value is -5.67. The molecule has 1 aliphatic heterocycles. The minimum Gasteiger partial charge on any atom is -0.494 e. The first-order valence-electron chi connectivity index (χ1n) is 21.9. The third-order valence-electron chi connectivity index (χ3n) is 11.2. The van der Waals surface area contributed by atoms with Crippen LogP contribution in [0.4, 0.5) is 0 Å². The van der Waals surface area contributed by atoms with Gasteiger partial charge in [0.15, 0.2) is 0 Å². The molecule has 1 fully saturated rings. The van der Waals surface area contributed by atoms with E-state index in [2.05, 4.69) is 140 Å². The van der Waals surface area contributed by atoms with Crippen molar-refractivity contribution in [2.75, 3.05) is 13.2 Å². The number of ether oxygens (including phenoxy) is 6. The molecule has 0 N–H and O–H groups in total. The van der Waals surface area contributed by atoms with Crippen molar-refractivity contribution in [1.82, 2.24) is 0 Å². The standard InChI is InChI=1S/C56H56O6S/c1-2-58-50-31-28-42(29-32-50)34-49-35-48(30-33-51(49)59-37-44-20-10-4-11-21-44)56-55(62-40-47-26-16-7-17-27-47)54(61-39-46-24-14-6-15-25-46)53(60-38-45-22-12-5-13-23-45)52(63-56)41-57-36-43-18-8-3-9-19-43/h3-33,35,52-56H,2,34,36-41H2,1H3/t52-,53-,54+,55-,56+/m1/s1. The minimum atomic E-state index is -0.447. The van der Waals surface area contributed by atoms with Crippen LogP contribution in [-0.4, -0.2) is 36.8 Å². The molecule has 5 atom stereocenters. The number of hydrogen-bond acceptors (Lipinski definition) is 7. The van der Waals surface area contributed by atoms with Gasteiger partial charge >= 0.3 is 0 Å². The number of rotatable bonds is 21. The first kappa shape index (κ1) is 44.0. The lowest BCUT2D eigenvalue weighted by Gasteiger charge is -2.46. The fraction of sp³-hybridized carbons (Fsp3) is 0.250. The average molecular weight is 857 g/mol. The van der Waals surface area contributed by atoms with Crippen LogP contribution in [0.2, 0.25) is 0 Å². The number of hydrogen-bond donors (Lipinski definition) is 0. The number of thioether (sulfide) groups is 1. The molecular formula is C56H56O6S. The van der Waals surface area contributed by atoms with Crippen LogP contribution in [0.3, 0.4) is 0 Å². The van der Waals surface area contributed by atoms with E-state index in [0.717, 1.165) is 50.4 Å². The van der Waals surface area contributed by atoms with Crippen LogP contribution in [-0.2, 0) is 58.4 Å². The maximum absolute atomic E-state index is 7.16. The minimum absolute atomic E-state index is 0.0941. The first-order chi connectivity index (χ1) is 31.2. The van der Waals surface area contributed by atoms with E-state index in [-0.39, 0.29) is 22.7 Å². The molecule has 322 valence electrons. The highest BCUT2D eigenvalue weighted by atomic mass is 32.2. The second-order valence-corrected chi connectivity index (χ2v) is 17.2. The van der Waals surface area contributed by atoms with Crippen LogP contribution in [0.15, 0.2) is 194 Å². The van der Waals surface area contributed by atoms with Gasteiger partial charge in [0, 0.05) is 6.42 Å². The summed E-state index contributed by atoms with van der Waals surface area (Å²) in [4.78, 5) is 0. The summed E-state index contributed by atoms with van der Waals surface area (Å²) in [5, 5.41) is -0.234. The molecule has 1 heterocycles. The van der Waals surface area contributed by atoms with Gasteiger partial charge in [0.05, 0.1) is 50.1 Å². The molecule has 0 unspecified atom stereocenters. The third-order valence-corrected chi connectivity index (χ3v) is 12.8. The first-order valence-corrected chi connectivity index (χ1v) is 22.9.